The third-order valence-corrected chi connectivity index (χ3v) is 2.10. The van der Waals surface area contributed by atoms with Crippen LogP contribution in [0.25, 0.3) is 11.0 Å². The van der Waals surface area contributed by atoms with Crippen LogP contribution in [0.3, 0.4) is 0 Å². The fourth-order valence-electron chi connectivity index (χ4n) is 1.39. The molecule has 0 aliphatic heterocycles. The average molecular weight is 260 g/mol. The SMILES string of the molecule is O=C([O-])c1cccc2oc(=O)c(O)c(O)c12.[K+]. The molecule has 1 aromatic heterocycles. The van der Waals surface area contributed by atoms with Crippen molar-refractivity contribution in [3.05, 3.63) is 34.2 Å². The fourth-order valence-corrected chi connectivity index (χ4v) is 1.39. The minimum Gasteiger partial charge on any atom is -0.545 e. The Hall–Kier alpha value is -0.864. The molecule has 2 rings (SSSR count). The Balaban J connectivity index is 0.00000144. The second-order valence-electron chi connectivity index (χ2n) is 3.05. The summed E-state index contributed by atoms with van der Waals surface area (Å²) in [7, 11) is 0. The molecule has 1 heterocycles. The average Bonchev–Trinajstić information content (AvgIpc) is 2.25. The summed E-state index contributed by atoms with van der Waals surface area (Å²) < 4.78 is 4.61. The summed E-state index contributed by atoms with van der Waals surface area (Å²) >= 11 is 0. The summed E-state index contributed by atoms with van der Waals surface area (Å²) in [6.45, 7) is 0. The number of carboxylic acids is 1. The van der Waals surface area contributed by atoms with Crippen molar-refractivity contribution in [3.63, 3.8) is 0 Å². The summed E-state index contributed by atoms with van der Waals surface area (Å²) in [5.74, 6) is -3.40. The predicted octanol–water partition coefficient (Wildman–Crippen LogP) is -3.43. The molecule has 0 unspecified atom stereocenters. The molecule has 0 bridgehead atoms. The molecule has 2 N–H and O–H groups in total. The first-order valence-electron chi connectivity index (χ1n) is 4.21. The van der Waals surface area contributed by atoms with Crippen molar-refractivity contribution in [2.75, 3.05) is 0 Å². The number of hydrogen-bond donors (Lipinski definition) is 2. The first-order chi connectivity index (χ1) is 7.52. The zero-order chi connectivity index (χ0) is 11.9. The largest absolute Gasteiger partial charge is 1.00 e. The Morgan fingerprint density at radius 1 is 1.24 bits per heavy atom. The number of carbonyl (C=O) groups excluding carboxylic acids is 1. The molecule has 0 saturated carbocycles. The molecule has 0 aliphatic rings. The Morgan fingerprint density at radius 2 is 1.88 bits per heavy atom. The smallest absolute Gasteiger partial charge is 0.545 e. The van der Waals surface area contributed by atoms with Gasteiger partial charge in [-0.25, -0.2) is 4.79 Å². The van der Waals surface area contributed by atoms with Crippen molar-refractivity contribution in [1.29, 1.82) is 0 Å². The van der Waals surface area contributed by atoms with Crippen LogP contribution in [0.1, 0.15) is 10.4 Å². The molecule has 7 heteroatoms. The molecule has 0 fully saturated rings. The van der Waals surface area contributed by atoms with E-state index in [4.69, 9.17) is 5.11 Å². The van der Waals surface area contributed by atoms with Gasteiger partial charge in [0.05, 0.1) is 11.4 Å². The van der Waals surface area contributed by atoms with Gasteiger partial charge in [0.1, 0.15) is 5.58 Å². The van der Waals surface area contributed by atoms with E-state index in [9.17, 15) is 19.8 Å². The molecule has 0 spiro atoms. The van der Waals surface area contributed by atoms with Crippen molar-refractivity contribution in [1.82, 2.24) is 0 Å². The number of rotatable bonds is 1. The van der Waals surface area contributed by atoms with Gasteiger partial charge in [-0.1, -0.05) is 12.1 Å². The topological polar surface area (TPSA) is 111 Å². The molecule has 0 atom stereocenters. The minimum atomic E-state index is -1.55. The van der Waals surface area contributed by atoms with E-state index in [0.29, 0.717) is 0 Å². The molecule has 2 aromatic rings. The van der Waals surface area contributed by atoms with Gasteiger partial charge in [0, 0.05) is 5.56 Å². The van der Waals surface area contributed by atoms with Gasteiger partial charge in [-0.3, -0.25) is 0 Å². The van der Waals surface area contributed by atoms with Gasteiger partial charge >= 0.3 is 57.0 Å². The van der Waals surface area contributed by atoms with E-state index in [1.165, 1.54) is 12.1 Å². The van der Waals surface area contributed by atoms with Crippen LogP contribution in [0, 0.1) is 0 Å². The van der Waals surface area contributed by atoms with E-state index in [1.807, 2.05) is 0 Å². The predicted molar refractivity (Wildman–Crippen MR) is 50.1 cm³/mol. The molecular weight excluding hydrogens is 255 g/mol. The number of aromatic carboxylic acids is 1. The van der Waals surface area contributed by atoms with Gasteiger partial charge in [-0.2, -0.15) is 0 Å². The van der Waals surface area contributed by atoms with Crippen molar-refractivity contribution in [2.24, 2.45) is 0 Å². The van der Waals surface area contributed by atoms with Crippen LogP contribution >= 0.6 is 0 Å². The Kier molecular flexibility index (Phi) is 4.34. The fraction of sp³-hybridized carbons (Fsp3) is 0. The summed E-state index contributed by atoms with van der Waals surface area (Å²) in [5, 5.41) is 29.1. The summed E-state index contributed by atoms with van der Waals surface area (Å²) in [6, 6.07) is 3.78. The zero-order valence-electron chi connectivity index (χ0n) is 8.76. The normalized spacial score (nSPS) is 9.88. The molecule has 0 radical (unpaired) electrons. The third kappa shape index (κ3) is 2.38. The van der Waals surface area contributed by atoms with Gasteiger partial charge in [-0.15, -0.1) is 0 Å². The van der Waals surface area contributed by atoms with E-state index < -0.39 is 23.1 Å². The Bertz CT molecular complexity index is 645. The molecule has 0 aliphatic carbocycles. The second kappa shape index (κ2) is 5.19. The van der Waals surface area contributed by atoms with Crippen LogP contribution in [0.15, 0.2) is 27.4 Å². The number of benzene rings is 1. The first-order valence-corrected chi connectivity index (χ1v) is 4.21. The van der Waals surface area contributed by atoms with Crippen molar-refractivity contribution in [3.8, 4) is 11.5 Å². The van der Waals surface area contributed by atoms with Crippen LogP contribution in [0.4, 0.5) is 0 Å². The molecule has 82 valence electrons. The second-order valence-corrected chi connectivity index (χ2v) is 3.05. The Morgan fingerprint density at radius 3 is 2.47 bits per heavy atom. The number of hydrogen-bond acceptors (Lipinski definition) is 6. The van der Waals surface area contributed by atoms with Crippen molar-refractivity contribution < 1.29 is 75.9 Å². The quantitative estimate of drug-likeness (QED) is 0.408. The standard InChI is InChI=1S/C10H6O6.K/c11-7-6-4(9(13)14)2-1-3-5(6)16-10(15)8(7)12;/h1-3,11-12H,(H,13,14);/q;+1/p-1. The molecule has 1 aromatic carbocycles. The minimum absolute atomic E-state index is 0. The summed E-state index contributed by atoms with van der Waals surface area (Å²) in [5.41, 5.74) is -1.64. The van der Waals surface area contributed by atoms with Gasteiger partial charge in [0.25, 0.3) is 0 Å². The number of carbonyl (C=O) groups is 1. The maximum absolute atomic E-state index is 11.0. The van der Waals surface area contributed by atoms with Crippen molar-refractivity contribution >= 4 is 16.9 Å². The van der Waals surface area contributed by atoms with E-state index >= 15 is 0 Å². The van der Waals surface area contributed by atoms with Gasteiger partial charge in [0.2, 0.25) is 5.75 Å². The molecule has 6 nitrogen and oxygen atoms in total. The van der Waals surface area contributed by atoms with Crippen LogP contribution in [-0.4, -0.2) is 16.2 Å². The van der Waals surface area contributed by atoms with Crippen LogP contribution < -0.4 is 62.1 Å². The first kappa shape index (κ1) is 14.2. The van der Waals surface area contributed by atoms with E-state index in [1.54, 1.807) is 0 Å². The summed E-state index contributed by atoms with van der Waals surface area (Å²) in [6.07, 6.45) is 0. The van der Waals surface area contributed by atoms with Gasteiger partial charge in [0.15, 0.2) is 5.75 Å². The van der Waals surface area contributed by atoms with Crippen LogP contribution in [0.2, 0.25) is 0 Å². The summed E-state index contributed by atoms with van der Waals surface area (Å²) in [4.78, 5) is 21.7. The third-order valence-electron chi connectivity index (χ3n) is 2.10. The van der Waals surface area contributed by atoms with Crippen LogP contribution in [0.5, 0.6) is 11.5 Å². The number of carboxylic acid groups (broad SMARTS) is 1. The van der Waals surface area contributed by atoms with Crippen molar-refractivity contribution in [2.45, 2.75) is 0 Å². The maximum atomic E-state index is 11.0. The van der Waals surface area contributed by atoms with Gasteiger partial charge < -0.3 is 24.5 Å². The number of aromatic hydroxyl groups is 2. The van der Waals surface area contributed by atoms with Crippen LogP contribution in [-0.2, 0) is 0 Å². The molecular formula is C10H5KO6. The zero-order valence-corrected chi connectivity index (χ0v) is 11.9. The Labute approximate surface area is 137 Å². The van der Waals surface area contributed by atoms with E-state index in [-0.39, 0.29) is 67.9 Å². The molecule has 17 heavy (non-hydrogen) atoms. The molecule has 0 amide bonds. The van der Waals surface area contributed by atoms with E-state index in [0.717, 1.165) is 6.07 Å². The van der Waals surface area contributed by atoms with E-state index in [2.05, 4.69) is 4.42 Å². The van der Waals surface area contributed by atoms with Gasteiger partial charge in [-0.05, 0) is 6.07 Å². The monoisotopic (exact) mass is 260 g/mol. The molecule has 0 saturated heterocycles. The maximum Gasteiger partial charge on any atom is 1.00 e. The number of fused-ring (bicyclic) bond motifs is 1.